The molecule has 1 fully saturated rings. The van der Waals surface area contributed by atoms with Gasteiger partial charge in [0.2, 0.25) is 5.91 Å². The Morgan fingerprint density at radius 3 is 2.35 bits per heavy atom. The maximum absolute atomic E-state index is 12.7. The van der Waals surface area contributed by atoms with Gasteiger partial charge in [0, 0.05) is 5.69 Å². The third-order valence-electron chi connectivity index (χ3n) is 4.32. The van der Waals surface area contributed by atoms with Crippen molar-refractivity contribution >= 4 is 52.2 Å². The summed E-state index contributed by atoms with van der Waals surface area (Å²) in [7, 11) is 4.51. The van der Waals surface area contributed by atoms with E-state index in [2.05, 4.69) is 5.32 Å². The van der Waals surface area contributed by atoms with Gasteiger partial charge in [0.25, 0.3) is 11.1 Å². The average molecular weight is 463 g/mol. The highest BCUT2D eigenvalue weighted by molar-refractivity contribution is 8.18. The van der Waals surface area contributed by atoms with Gasteiger partial charge in [-0.05, 0) is 53.7 Å². The van der Waals surface area contributed by atoms with Crippen molar-refractivity contribution < 1.29 is 28.6 Å². The number of nitrogens with one attached hydrogen (secondary N) is 1. The van der Waals surface area contributed by atoms with Crippen LogP contribution in [0.2, 0.25) is 5.02 Å². The minimum atomic E-state index is -0.548. The summed E-state index contributed by atoms with van der Waals surface area (Å²) >= 11 is 6.81. The molecule has 0 saturated carbocycles. The van der Waals surface area contributed by atoms with Crippen molar-refractivity contribution in [2.75, 3.05) is 33.2 Å². The molecule has 0 unspecified atom stereocenters. The van der Waals surface area contributed by atoms with E-state index in [-0.39, 0.29) is 4.91 Å². The quantitative estimate of drug-likeness (QED) is 0.620. The van der Waals surface area contributed by atoms with E-state index in [0.29, 0.717) is 33.5 Å². The molecule has 0 atom stereocenters. The number of imide groups is 1. The summed E-state index contributed by atoms with van der Waals surface area (Å²) in [5.41, 5.74) is 1.07. The van der Waals surface area contributed by atoms with Gasteiger partial charge in [-0.2, -0.15) is 0 Å². The van der Waals surface area contributed by atoms with E-state index in [1.54, 1.807) is 36.4 Å². The van der Waals surface area contributed by atoms with Crippen molar-refractivity contribution in [1.82, 2.24) is 4.90 Å². The Balaban J connectivity index is 1.70. The zero-order chi connectivity index (χ0) is 22.5. The van der Waals surface area contributed by atoms with Crippen LogP contribution < -0.4 is 19.5 Å². The topological polar surface area (TPSA) is 94.2 Å². The number of nitrogens with zero attached hydrogens (tertiary/aromatic N) is 1. The number of hydrogen-bond acceptors (Lipinski definition) is 7. The van der Waals surface area contributed by atoms with E-state index < -0.39 is 23.6 Å². The number of carbonyl (C=O) groups is 3. The van der Waals surface area contributed by atoms with Crippen LogP contribution in [-0.4, -0.2) is 49.8 Å². The Kier molecular flexibility index (Phi) is 7.09. The first kappa shape index (κ1) is 22.5. The first-order valence-corrected chi connectivity index (χ1v) is 10.2. The maximum atomic E-state index is 12.7. The molecule has 1 aliphatic heterocycles. The van der Waals surface area contributed by atoms with Crippen LogP contribution in [-0.2, 0) is 9.59 Å². The van der Waals surface area contributed by atoms with Crippen LogP contribution in [0.1, 0.15) is 5.56 Å². The minimum Gasteiger partial charge on any atom is -0.495 e. The second-order valence-electron chi connectivity index (χ2n) is 6.28. The van der Waals surface area contributed by atoms with Crippen LogP contribution in [0.5, 0.6) is 17.2 Å². The Morgan fingerprint density at radius 2 is 1.71 bits per heavy atom. The molecule has 0 radical (unpaired) electrons. The molecule has 1 N–H and O–H groups in total. The van der Waals surface area contributed by atoms with Crippen LogP contribution in [0.15, 0.2) is 41.3 Å². The number of hydrogen-bond donors (Lipinski definition) is 1. The number of methoxy groups -OCH3 is 3. The standard InChI is InChI=1S/C21H19ClN2O6S/c1-28-15-7-5-13(10-14(15)22)23-19(25)11-24-20(26)18(31-21(24)27)9-12-4-6-16(29-2)17(8-12)30-3/h4-10H,11H2,1-3H3,(H,23,25). The van der Waals surface area contributed by atoms with Crippen LogP contribution in [0.3, 0.4) is 0 Å². The van der Waals surface area contributed by atoms with Gasteiger partial charge in [-0.15, -0.1) is 0 Å². The van der Waals surface area contributed by atoms with Crippen molar-refractivity contribution in [3.8, 4) is 17.2 Å². The molecule has 3 amide bonds. The Morgan fingerprint density at radius 1 is 1.03 bits per heavy atom. The summed E-state index contributed by atoms with van der Waals surface area (Å²) in [5, 5.41) is 2.41. The van der Waals surface area contributed by atoms with Crippen molar-refractivity contribution in [1.29, 1.82) is 0 Å². The second kappa shape index (κ2) is 9.76. The molecule has 31 heavy (non-hydrogen) atoms. The number of thioether (sulfide) groups is 1. The van der Waals surface area contributed by atoms with E-state index in [4.69, 9.17) is 25.8 Å². The zero-order valence-electron chi connectivity index (χ0n) is 16.9. The molecule has 8 nitrogen and oxygen atoms in total. The first-order valence-electron chi connectivity index (χ1n) is 8.97. The van der Waals surface area contributed by atoms with E-state index in [1.807, 2.05) is 0 Å². The molecular formula is C21H19ClN2O6S. The molecule has 0 spiro atoms. The SMILES string of the molecule is COc1ccc(NC(=O)CN2C(=O)SC(=Cc3ccc(OC)c(OC)c3)C2=O)cc1Cl. The maximum Gasteiger partial charge on any atom is 0.294 e. The lowest BCUT2D eigenvalue weighted by atomic mass is 10.2. The molecule has 10 heteroatoms. The predicted octanol–water partition coefficient (Wildman–Crippen LogP) is 4.04. The molecular weight excluding hydrogens is 444 g/mol. The van der Waals surface area contributed by atoms with Gasteiger partial charge in [-0.3, -0.25) is 19.3 Å². The van der Waals surface area contributed by atoms with Crippen molar-refractivity contribution in [2.45, 2.75) is 0 Å². The molecule has 0 bridgehead atoms. The average Bonchev–Trinajstić information content (AvgIpc) is 3.01. The third-order valence-corrected chi connectivity index (χ3v) is 5.52. The van der Waals surface area contributed by atoms with Crippen molar-refractivity contribution in [2.24, 2.45) is 0 Å². The lowest BCUT2D eigenvalue weighted by Gasteiger charge is -2.13. The number of ether oxygens (including phenoxy) is 3. The zero-order valence-corrected chi connectivity index (χ0v) is 18.5. The number of anilines is 1. The van der Waals surface area contributed by atoms with Gasteiger partial charge in [-0.1, -0.05) is 17.7 Å². The molecule has 0 aliphatic carbocycles. The Labute approximate surface area is 188 Å². The number of benzene rings is 2. The molecule has 2 aromatic rings. The van der Waals surface area contributed by atoms with Crippen molar-refractivity contribution in [3.05, 3.63) is 51.9 Å². The Bertz CT molecular complexity index is 1070. The lowest BCUT2D eigenvalue weighted by molar-refractivity contribution is -0.127. The monoisotopic (exact) mass is 462 g/mol. The van der Waals surface area contributed by atoms with Crippen LogP contribution in [0, 0.1) is 0 Å². The lowest BCUT2D eigenvalue weighted by Crippen LogP contribution is -2.36. The fourth-order valence-corrected chi connectivity index (χ4v) is 3.91. The summed E-state index contributed by atoms with van der Waals surface area (Å²) < 4.78 is 15.5. The fraction of sp³-hybridized carbons (Fsp3) is 0.190. The highest BCUT2D eigenvalue weighted by atomic mass is 35.5. The summed E-state index contributed by atoms with van der Waals surface area (Å²) in [6.45, 7) is -0.419. The minimum absolute atomic E-state index is 0.206. The Hall–Kier alpha value is -3.17. The summed E-state index contributed by atoms with van der Waals surface area (Å²) in [6.07, 6.45) is 1.56. The van der Waals surface area contributed by atoms with Crippen molar-refractivity contribution in [3.63, 3.8) is 0 Å². The van der Waals surface area contributed by atoms with E-state index >= 15 is 0 Å². The first-order chi connectivity index (χ1) is 14.9. The fourth-order valence-electron chi connectivity index (χ4n) is 2.82. The van der Waals surface area contributed by atoms with Gasteiger partial charge in [0.15, 0.2) is 11.5 Å². The van der Waals surface area contributed by atoms with Gasteiger partial charge in [0.05, 0.1) is 31.3 Å². The molecule has 1 heterocycles. The van der Waals surface area contributed by atoms with E-state index in [0.717, 1.165) is 16.7 Å². The van der Waals surface area contributed by atoms with Crippen LogP contribution >= 0.6 is 23.4 Å². The van der Waals surface area contributed by atoms with Gasteiger partial charge < -0.3 is 19.5 Å². The number of rotatable bonds is 7. The predicted molar refractivity (Wildman–Crippen MR) is 119 cm³/mol. The number of carbonyl (C=O) groups excluding carboxylic acids is 3. The smallest absolute Gasteiger partial charge is 0.294 e. The summed E-state index contributed by atoms with van der Waals surface area (Å²) in [5.74, 6) is 0.422. The molecule has 162 valence electrons. The number of halogens is 1. The van der Waals surface area contributed by atoms with E-state index in [9.17, 15) is 14.4 Å². The molecule has 1 saturated heterocycles. The largest absolute Gasteiger partial charge is 0.495 e. The highest BCUT2D eigenvalue weighted by Crippen LogP contribution is 2.34. The molecule has 2 aromatic carbocycles. The summed E-state index contributed by atoms with van der Waals surface area (Å²) in [4.78, 5) is 38.4. The van der Waals surface area contributed by atoms with Gasteiger partial charge in [-0.25, -0.2) is 0 Å². The third kappa shape index (κ3) is 5.12. The van der Waals surface area contributed by atoms with Gasteiger partial charge >= 0.3 is 0 Å². The number of amides is 3. The molecule has 1 aliphatic rings. The van der Waals surface area contributed by atoms with E-state index in [1.165, 1.54) is 27.4 Å². The normalized spacial score (nSPS) is 14.7. The second-order valence-corrected chi connectivity index (χ2v) is 7.68. The van der Waals surface area contributed by atoms with Crippen LogP contribution in [0.4, 0.5) is 10.5 Å². The molecule has 0 aromatic heterocycles. The van der Waals surface area contributed by atoms with Gasteiger partial charge in [0.1, 0.15) is 12.3 Å². The van der Waals surface area contributed by atoms with Crippen LogP contribution in [0.25, 0.3) is 6.08 Å². The summed E-state index contributed by atoms with van der Waals surface area (Å²) in [6, 6.07) is 9.84. The highest BCUT2D eigenvalue weighted by Gasteiger charge is 2.36. The molecule has 3 rings (SSSR count).